The molecule has 2 aromatic rings. The topological polar surface area (TPSA) is 120 Å². The van der Waals surface area contributed by atoms with Crippen molar-refractivity contribution in [1.82, 2.24) is 9.80 Å². The van der Waals surface area contributed by atoms with Crippen molar-refractivity contribution >= 4 is 35.1 Å². The van der Waals surface area contributed by atoms with Gasteiger partial charge in [-0.25, -0.2) is 0 Å². The summed E-state index contributed by atoms with van der Waals surface area (Å²) in [5, 5.41) is 9.33. The summed E-state index contributed by atoms with van der Waals surface area (Å²) in [5.74, 6) is -3.22. The minimum atomic E-state index is -1.36. The summed E-state index contributed by atoms with van der Waals surface area (Å²) in [7, 11) is 1.72. The second-order valence-electron chi connectivity index (χ2n) is 14.5. The first-order chi connectivity index (χ1) is 25.7. The van der Waals surface area contributed by atoms with Crippen molar-refractivity contribution < 1.29 is 33.8 Å². The van der Waals surface area contributed by atoms with Gasteiger partial charge in [0.15, 0.2) is 0 Å². The lowest BCUT2D eigenvalue weighted by atomic mass is 9.74. The Morgan fingerprint density at radius 3 is 2.32 bits per heavy atom. The monoisotopic (exact) mass is 726 g/mol. The number of likely N-dealkylation sites (N-methyl/N-ethyl adjacent to an activating group) is 1. The number of allylic oxidation sites excluding steroid dienone is 1. The molecule has 53 heavy (non-hydrogen) atoms. The maximum Gasteiger partial charge on any atom is 0.313 e. The molecule has 11 heteroatoms. The third-order valence-electron chi connectivity index (χ3n) is 11.5. The number of carbonyl (C=O) groups is 4. The molecule has 0 radical (unpaired) electrons. The maximum atomic E-state index is 15.2. The first kappa shape index (κ1) is 38.3. The summed E-state index contributed by atoms with van der Waals surface area (Å²) < 4.78 is 13.0. The Labute approximate surface area is 313 Å². The summed E-state index contributed by atoms with van der Waals surface area (Å²) in [6.45, 7) is 8.37. The number of likely N-dealkylation sites (tertiary alicyclic amines) is 1. The average molecular weight is 727 g/mol. The number of esters is 1. The van der Waals surface area contributed by atoms with E-state index >= 15 is 4.79 Å². The van der Waals surface area contributed by atoms with Crippen molar-refractivity contribution in [1.29, 1.82) is 0 Å². The highest BCUT2D eigenvalue weighted by Gasteiger charge is 2.73. The molecule has 11 nitrogen and oxygen atoms in total. The van der Waals surface area contributed by atoms with Gasteiger partial charge in [-0.05, 0) is 69.9 Å². The number of aliphatic hydroxyl groups is 1. The lowest BCUT2D eigenvalue weighted by molar-refractivity contribution is -0.164. The van der Waals surface area contributed by atoms with Gasteiger partial charge in [0.25, 0.3) is 5.91 Å². The predicted molar refractivity (Wildman–Crippen MR) is 203 cm³/mol. The molecular weight excluding hydrogens is 672 g/mol. The molecule has 5 bridgehead atoms. The van der Waals surface area contributed by atoms with Crippen LogP contribution in [-0.4, -0.2) is 102 Å². The largest absolute Gasteiger partial charge is 0.455 e. The molecule has 2 saturated heterocycles. The van der Waals surface area contributed by atoms with E-state index in [2.05, 4.69) is 18.7 Å². The standard InChI is InChI=1S/C42H54N4O7/c1-5-44(6-2)31-20-22-32(23-21-31)45-26-15-10-13-19-34(48)43(4)29(3)37(30-17-11-9-12-18-30)52-41(51)35-33-24-25-42(53-33)36(35)39(49)46(38(42)40(45)50)27-14-7-8-16-28-47/h9-12,15,17-18,20-25,29,33,35-38,47H,5-8,13-14,16,19,26-28H2,1-4H3/b15-10-/t29-,33+,35-,36-,37+,38+,42-/m1/s1. The Morgan fingerprint density at radius 1 is 0.906 bits per heavy atom. The number of amides is 3. The smallest absolute Gasteiger partial charge is 0.313 e. The van der Waals surface area contributed by atoms with Gasteiger partial charge < -0.3 is 34.2 Å². The summed E-state index contributed by atoms with van der Waals surface area (Å²) >= 11 is 0. The van der Waals surface area contributed by atoms with Gasteiger partial charge in [-0.1, -0.05) is 67.5 Å². The number of nitrogens with zero attached hydrogens (tertiary/aromatic N) is 4. The summed E-state index contributed by atoms with van der Waals surface area (Å²) in [4.78, 5) is 64.9. The van der Waals surface area contributed by atoms with Crippen LogP contribution in [0.1, 0.15) is 71.0 Å². The quantitative estimate of drug-likeness (QED) is 0.194. The van der Waals surface area contributed by atoms with Crippen molar-refractivity contribution in [3.05, 3.63) is 84.5 Å². The molecule has 1 spiro atoms. The van der Waals surface area contributed by atoms with Crippen LogP contribution >= 0.6 is 0 Å². The van der Waals surface area contributed by atoms with Gasteiger partial charge in [-0.15, -0.1) is 0 Å². The zero-order valence-corrected chi connectivity index (χ0v) is 31.4. The zero-order chi connectivity index (χ0) is 37.7. The Bertz CT molecular complexity index is 1680. The second kappa shape index (κ2) is 16.7. The van der Waals surface area contributed by atoms with Crippen molar-refractivity contribution in [3.63, 3.8) is 0 Å². The van der Waals surface area contributed by atoms with E-state index in [1.807, 2.05) is 79.7 Å². The average Bonchev–Trinajstić information content (AvgIpc) is 3.82. The molecule has 4 aliphatic heterocycles. The molecule has 4 aliphatic rings. The number of ether oxygens (including phenoxy) is 2. The zero-order valence-electron chi connectivity index (χ0n) is 31.4. The molecule has 0 aliphatic carbocycles. The van der Waals surface area contributed by atoms with Gasteiger partial charge in [0, 0.05) is 57.6 Å². The van der Waals surface area contributed by atoms with Crippen molar-refractivity contribution in [2.45, 2.75) is 89.2 Å². The van der Waals surface area contributed by atoms with Crippen LogP contribution in [0.15, 0.2) is 78.9 Å². The highest BCUT2D eigenvalue weighted by atomic mass is 16.6. The molecule has 0 aromatic heterocycles. The first-order valence-electron chi connectivity index (χ1n) is 19.3. The van der Waals surface area contributed by atoms with Gasteiger partial charge in [-0.3, -0.25) is 19.2 Å². The fourth-order valence-electron chi connectivity index (χ4n) is 8.51. The minimum Gasteiger partial charge on any atom is -0.455 e. The third kappa shape index (κ3) is 7.38. The number of fused-ring (bicyclic) bond motifs is 2. The Hall–Kier alpha value is -4.48. The molecule has 2 fully saturated rings. The molecule has 4 heterocycles. The van der Waals surface area contributed by atoms with E-state index in [1.54, 1.807) is 27.8 Å². The molecule has 3 amide bonds. The van der Waals surface area contributed by atoms with Gasteiger partial charge in [0.05, 0.1) is 18.1 Å². The predicted octanol–water partition coefficient (Wildman–Crippen LogP) is 5.05. The Morgan fingerprint density at radius 2 is 1.62 bits per heavy atom. The number of anilines is 2. The molecule has 6 rings (SSSR count). The van der Waals surface area contributed by atoms with Crippen LogP contribution in [0.2, 0.25) is 0 Å². The molecular formula is C42H54N4O7. The maximum absolute atomic E-state index is 15.2. The van der Waals surface area contributed by atoms with Crippen LogP contribution in [0.4, 0.5) is 11.4 Å². The molecule has 0 saturated carbocycles. The summed E-state index contributed by atoms with van der Waals surface area (Å²) in [5.41, 5.74) is 1.09. The van der Waals surface area contributed by atoms with Crippen LogP contribution in [0.3, 0.4) is 0 Å². The van der Waals surface area contributed by atoms with Gasteiger partial charge in [0.2, 0.25) is 11.8 Å². The van der Waals surface area contributed by atoms with Crippen LogP contribution in [-0.2, 0) is 28.7 Å². The van der Waals surface area contributed by atoms with E-state index in [1.165, 1.54) is 0 Å². The normalized spacial score (nSPS) is 29.5. The number of unbranched alkanes of at least 4 members (excludes halogenated alkanes) is 3. The fraction of sp³-hybridized carbons (Fsp3) is 0.524. The van der Waals surface area contributed by atoms with Crippen molar-refractivity contribution in [2.75, 3.05) is 49.6 Å². The van der Waals surface area contributed by atoms with E-state index in [-0.39, 0.29) is 37.3 Å². The molecule has 0 unspecified atom stereocenters. The van der Waals surface area contributed by atoms with E-state index in [0.29, 0.717) is 31.5 Å². The van der Waals surface area contributed by atoms with Crippen molar-refractivity contribution in [3.8, 4) is 0 Å². The van der Waals surface area contributed by atoms with Crippen molar-refractivity contribution in [2.24, 2.45) is 11.8 Å². The van der Waals surface area contributed by atoms with Gasteiger partial charge >= 0.3 is 5.97 Å². The number of benzene rings is 2. The van der Waals surface area contributed by atoms with Crippen LogP contribution < -0.4 is 9.80 Å². The number of hydrogen-bond donors (Lipinski definition) is 1. The fourth-order valence-corrected chi connectivity index (χ4v) is 8.51. The summed E-state index contributed by atoms with van der Waals surface area (Å²) in [6.07, 6.45) is 9.47. The Kier molecular flexibility index (Phi) is 12.0. The lowest BCUT2D eigenvalue weighted by Crippen LogP contribution is -2.56. The lowest BCUT2D eigenvalue weighted by Gasteiger charge is -2.36. The van der Waals surface area contributed by atoms with Crippen LogP contribution in [0.5, 0.6) is 0 Å². The number of hydrogen-bond acceptors (Lipinski definition) is 8. The Balaban J connectivity index is 1.42. The molecule has 2 aromatic carbocycles. The third-order valence-corrected chi connectivity index (χ3v) is 11.5. The number of aliphatic hydroxyl groups excluding tert-OH is 1. The number of rotatable bonds is 11. The van der Waals surface area contributed by atoms with E-state index in [9.17, 15) is 19.5 Å². The van der Waals surface area contributed by atoms with Gasteiger partial charge in [0.1, 0.15) is 23.7 Å². The van der Waals surface area contributed by atoms with E-state index in [4.69, 9.17) is 9.47 Å². The molecule has 7 atom stereocenters. The van der Waals surface area contributed by atoms with Crippen LogP contribution in [0.25, 0.3) is 0 Å². The second-order valence-corrected chi connectivity index (χ2v) is 14.5. The summed E-state index contributed by atoms with van der Waals surface area (Å²) in [6, 6.07) is 15.7. The molecule has 1 N–H and O–H groups in total. The highest BCUT2D eigenvalue weighted by Crippen LogP contribution is 2.56. The van der Waals surface area contributed by atoms with Gasteiger partial charge in [-0.2, -0.15) is 0 Å². The van der Waals surface area contributed by atoms with E-state index < -0.39 is 47.7 Å². The molecule has 284 valence electrons. The van der Waals surface area contributed by atoms with E-state index in [0.717, 1.165) is 37.2 Å². The highest BCUT2D eigenvalue weighted by molar-refractivity contribution is 6.05. The van der Waals surface area contributed by atoms with Crippen LogP contribution in [0, 0.1) is 11.8 Å². The SMILES string of the molecule is CCN(CC)c1ccc(N2C/C=C\CCC(=O)N(C)[C@H](C)[C@@H](c3ccccc3)OC(=O)[C@@H]3[C@@H]4C=C[C@]5(O4)[C@H](C2=O)N(CCCCCCO)C(=O)[C@@H]35)cc1. The number of cyclic esters (lactones) is 1. The first-order valence-corrected chi connectivity index (χ1v) is 19.3. The minimum absolute atomic E-state index is 0.0981. The number of carbonyl (C=O) groups excluding carboxylic acids is 4.